The highest BCUT2D eigenvalue weighted by Gasteiger charge is 2.32. The van der Waals surface area contributed by atoms with Crippen LogP contribution in [0.3, 0.4) is 0 Å². The van der Waals surface area contributed by atoms with Crippen LogP contribution in [0.5, 0.6) is 0 Å². The first-order chi connectivity index (χ1) is 9.45. The Balaban J connectivity index is 2.16. The Bertz CT molecular complexity index is 536. The second-order valence-corrected chi connectivity index (χ2v) is 5.25. The number of carbonyl (C=O) groups excluding carboxylic acids is 2. The third kappa shape index (κ3) is 2.55. The van der Waals surface area contributed by atoms with Crippen molar-refractivity contribution in [2.24, 2.45) is 7.05 Å². The topological polar surface area (TPSA) is 67.2 Å². The van der Waals surface area contributed by atoms with E-state index >= 15 is 0 Å². The summed E-state index contributed by atoms with van der Waals surface area (Å²) in [6.07, 6.45) is 0.956. The quantitative estimate of drug-likeness (QED) is 0.865. The van der Waals surface area contributed by atoms with Crippen LogP contribution in [0.2, 0.25) is 0 Å². The molecule has 20 heavy (non-hydrogen) atoms. The average Bonchev–Trinajstić information content (AvgIpc) is 2.65. The molecule has 0 radical (unpaired) electrons. The number of amides is 2. The Morgan fingerprint density at radius 1 is 1.45 bits per heavy atom. The van der Waals surface area contributed by atoms with Gasteiger partial charge in [-0.05, 0) is 20.3 Å². The lowest BCUT2D eigenvalue weighted by Crippen LogP contribution is -2.57. The van der Waals surface area contributed by atoms with Crippen molar-refractivity contribution in [3.63, 3.8) is 0 Å². The second-order valence-electron chi connectivity index (χ2n) is 5.25. The molecule has 2 rings (SSSR count). The van der Waals surface area contributed by atoms with E-state index in [0.717, 1.165) is 17.0 Å². The monoisotopic (exact) mass is 278 g/mol. The van der Waals surface area contributed by atoms with E-state index in [1.807, 2.05) is 27.8 Å². The van der Waals surface area contributed by atoms with E-state index < -0.39 is 0 Å². The number of hydrogen-bond acceptors (Lipinski definition) is 3. The van der Waals surface area contributed by atoms with Crippen molar-refractivity contribution < 1.29 is 9.59 Å². The molecule has 0 bridgehead atoms. The minimum absolute atomic E-state index is 0.00546. The molecule has 6 nitrogen and oxygen atoms in total. The second kappa shape index (κ2) is 5.64. The molecule has 0 spiro atoms. The van der Waals surface area contributed by atoms with Crippen LogP contribution in [0.4, 0.5) is 0 Å². The zero-order chi connectivity index (χ0) is 14.9. The fraction of sp³-hybridized carbons (Fsp3) is 0.643. The van der Waals surface area contributed by atoms with Gasteiger partial charge >= 0.3 is 0 Å². The SMILES string of the molecule is CCC1C(=O)NCCN1C(=O)Cc1c(C)nn(C)c1C. The molecule has 1 aliphatic rings. The molecule has 1 unspecified atom stereocenters. The van der Waals surface area contributed by atoms with Gasteiger partial charge in [0.2, 0.25) is 11.8 Å². The molecule has 1 saturated heterocycles. The number of rotatable bonds is 3. The highest BCUT2D eigenvalue weighted by atomic mass is 16.2. The Morgan fingerprint density at radius 3 is 2.70 bits per heavy atom. The molecule has 2 amide bonds. The number of nitrogens with one attached hydrogen (secondary N) is 1. The van der Waals surface area contributed by atoms with Crippen molar-refractivity contribution in [3.05, 3.63) is 17.0 Å². The Hall–Kier alpha value is -1.85. The van der Waals surface area contributed by atoms with Crippen molar-refractivity contribution in [2.75, 3.05) is 13.1 Å². The first-order valence-electron chi connectivity index (χ1n) is 7.02. The van der Waals surface area contributed by atoms with Gasteiger partial charge in [0.15, 0.2) is 0 Å². The summed E-state index contributed by atoms with van der Waals surface area (Å²) in [7, 11) is 1.87. The Kier molecular flexibility index (Phi) is 4.11. The van der Waals surface area contributed by atoms with Gasteiger partial charge in [0.25, 0.3) is 0 Å². The molecule has 1 aromatic heterocycles. The molecule has 1 atom stereocenters. The van der Waals surface area contributed by atoms with Gasteiger partial charge in [0.1, 0.15) is 6.04 Å². The van der Waals surface area contributed by atoms with Crippen molar-refractivity contribution in [3.8, 4) is 0 Å². The van der Waals surface area contributed by atoms with E-state index in [1.165, 1.54) is 0 Å². The van der Waals surface area contributed by atoms with E-state index in [2.05, 4.69) is 10.4 Å². The minimum Gasteiger partial charge on any atom is -0.353 e. The fourth-order valence-electron chi connectivity index (χ4n) is 2.75. The van der Waals surface area contributed by atoms with Crippen LogP contribution >= 0.6 is 0 Å². The van der Waals surface area contributed by atoms with Gasteiger partial charge in [-0.2, -0.15) is 5.10 Å². The van der Waals surface area contributed by atoms with Crippen LogP contribution in [0.1, 0.15) is 30.3 Å². The fourth-order valence-corrected chi connectivity index (χ4v) is 2.75. The molecular weight excluding hydrogens is 256 g/mol. The normalized spacial score (nSPS) is 19.1. The predicted octanol–water partition coefficient (Wildman–Crippen LogP) is 0.316. The van der Waals surface area contributed by atoms with Crippen LogP contribution in [0.15, 0.2) is 0 Å². The van der Waals surface area contributed by atoms with Crippen molar-refractivity contribution in [2.45, 2.75) is 39.7 Å². The van der Waals surface area contributed by atoms with Gasteiger partial charge in [-0.15, -0.1) is 0 Å². The first-order valence-corrected chi connectivity index (χ1v) is 7.02. The molecule has 2 heterocycles. The predicted molar refractivity (Wildman–Crippen MR) is 75.2 cm³/mol. The summed E-state index contributed by atoms with van der Waals surface area (Å²) in [5.41, 5.74) is 2.86. The summed E-state index contributed by atoms with van der Waals surface area (Å²) >= 11 is 0. The molecule has 0 saturated carbocycles. The molecular formula is C14H22N4O2. The van der Waals surface area contributed by atoms with Gasteiger partial charge in [-0.3, -0.25) is 14.3 Å². The van der Waals surface area contributed by atoms with E-state index in [0.29, 0.717) is 25.9 Å². The number of nitrogens with zero attached hydrogens (tertiary/aromatic N) is 3. The number of carbonyl (C=O) groups is 2. The third-order valence-electron chi connectivity index (χ3n) is 4.02. The lowest BCUT2D eigenvalue weighted by atomic mass is 10.1. The Labute approximate surface area is 119 Å². The summed E-state index contributed by atoms with van der Waals surface area (Å²) < 4.78 is 1.79. The standard InChI is InChI=1S/C14H22N4O2/c1-5-12-14(20)15-6-7-18(12)13(19)8-11-9(2)16-17(4)10(11)3/h12H,5-8H2,1-4H3,(H,15,20). The molecule has 1 aliphatic heterocycles. The molecule has 1 aromatic rings. The highest BCUT2D eigenvalue weighted by molar-refractivity contribution is 5.89. The van der Waals surface area contributed by atoms with E-state index in [9.17, 15) is 9.59 Å². The highest BCUT2D eigenvalue weighted by Crippen LogP contribution is 2.16. The largest absolute Gasteiger partial charge is 0.353 e. The number of piperazine rings is 1. The molecule has 1 N–H and O–H groups in total. The molecule has 1 fully saturated rings. The van der Waals surface area contributed by atoms with E-state index in [4.69, 9.17) is 0 Å². The van der Waals surface area contributed by atoms with Gasteiger partial charge in [-0.25, -0.2) is 0 Å². The van der Waals surface area contributed by atoms with Gasteiger partial charge in [-0.1, -0.05) is 6.92 Å². The molecule has 0 aromatic carbocycles. The van der Waals surface area contributed by atoms with Crippen molar-refractivity contribution in [1.82, 2.24) is 20.0 Å². The lowest BCUT2D eigenvalue weighted by molar-refractivity contribution is -0.142. The number of hydrogen-bond donors (Lipinski definition) is 1. The summed E-state index contributed by atoms with van der Waals surface area (Å²) in [6, 6.07) is -0.339. The van der Waals surface area contributed by atoms with Gasteiger partial charge < -0.3 is 10.2 Å². The minimum atomic E-state index is -0.339. The zero-order valence-corrected chi connectivity index (χ0v) is 12.6. The lowest BCUT2D eigenvalue weighted by Gasteiger charge is -2.34. The summed E-state index contributed by atoms with van der Waals surface area (Å²) in [6.45, 7) is 6.92. The van der Waals surface area contributed by atoms with E-state index in [-0.39, 0.29) is 17.9 Å². The van der Waals surface area contributed by atoms with Crippen LogP contribution in [0.25, 0.3) is 0 Å². The van der Waals surface area contributed by atoms with Crippen LogP contribution in [-0.2, 0) is 23.1 Å². The molecule has 0 aliphatic carbocycles. The third-order valence-corrected chi connectivity index (χ3v) is 4.02. The summed E-state index contributed by atoms with van der Waals surface area (Å²) in [4.78, 5) is 26.0. The first kappa shape index (κ1) is 14.6. The van der Waals surface area contributed by atoms with Crippen LogP contribution in [-0.4, -0.2) is 45.6 Å². The average molecular weight is 278 g/mol. The molecule has 110 valence electrons. The maximum absolute atomic E-state index is 12.5. The van der Waals surface area contributed by atoms with Gasteiger partial charge in [0, 0.05) is 31.4 Å². The number of aryl methyl sites for hydroxylation is 2. The number of aromatic nitrogens is 2. The van der Waals surface area contributed by atoms with Gasteiger partial charge in [0.05, 0.1) is 12.1 Å². The van der Waals surface area contributed by atoms with Crippen LogP contribution in [0, 0.1) is 13.8 Å². The maximum Gasteiger partial charge on any atom is 0.242 e. The summed E-state index contributed by atoms with van der Waals surface area (Å²) in [5.74, 6) is -0.0439. The van der Waals surface area contributed by atoms with Crippen molar-refractivity contribution >= 4 is 11.8 Å². The van der Waals surface area contributed by atoms with E-state index in [1.54, 1.807) is 9.58 Å². The van der Waals surface area contributed by atoms with Crippen molar-refractivity contribution in [1.29, 1.82) is 0 Å². The van der Waals surface area contributed by atoms with Crippen LogP contribution < -0.4 is 5.32 Å². The Morgan fingerprint density at radius 2 is 2.15 bits per heavy atom. The molecule has 6 heteroatoms. The summed E-state index contributed by atoms with van der Waals surface area (Å²) in [5, 5.41) is 7.14. The maximum atomic E-state index is 12.5. The zero-order valence-electron chi connectivity index (χ0n) is 12.6. The smallest absolute Gasteiger partial charge is 0.242 e.